The molecule has 2 atom stereocenters. The Morgan fingerprint density at radius 1 is 1.20 bits per heavy atom. The summed E-state index contributed by atoms with van der Waals surface area (Å²) in [5.41, 5.74) is 3.08. The van der Waals surface area contributed by atoms with Gasteiger partial charge in [-0.3, -0.25) is 0 Å². The van der Waals surface area contributed by atoms with Crippen LogP contribution < -0.4 is 5.32 Å². The van der Waals surface area contributed by atoms with Crippen molar-refractivity contribution in [3.8, 4) is 11.3 Å². The van der Waals surface area contributed by atoms with E-state index in [0.29, 0.717) is 0 Å². The van der Waals surface area contributed by atoms with Crippen LogP contribution in [0.2, 0.25) is 0 Å². The predicted octanol–water partition coefficient (Wildman–Crippen LogP) is 3.00. The number of rotatable bonds is 5. The smallest absolute Gasteiger partial charge is 0.117 e. The van der Waals surface area contributed by atoms with E-state index in [-0.39, 0.29) is 0 Å². The lowest BCUT2D eigenvalue weighted by atomic mass is 10.1. The minimum absolute atomic E-state index is 0.783. The molecule has 0 saturated heterocycles. The molecule has 1 aliphatic rings. The molecular formula is C16H22N4. The second kappa shape index (κ2) is 6.18. The van der Waals surface area contributed by atoms with Crippen molar-refractivity contribution in [3.63, 3.8) is 0 Å². The zero-order valence-electron chi connectivity index (χ0n) is 12.0. The van der Waals surface area contributed by atoms with Crippen molar-refractivity contribution in [3.05, 3.63) is 36.0 Å². The molecule has 1 fully saturated rings. The average molecular weight is 270 g/mol. The Bertz CT molecular complexity index is 534. The quantitative estimate of drug-likeness (QED) is 0.878. The van der Waals surface area contributed by atoms with E-state index >= 15 is 0 Å². The Kier molecular flexibility index (Phi) is 4.11. The van der Waals surface area contributed by atoms with Gasteiger partial charge >= 0.3 is 0 Å². The number of nitrogens with zero attached hydrogens (tertiary/aromatic N) is 2. The van der Waals surface area contributed by atoms with E-state index in [1.165, 1.54) is 19.3 Å². The van der Waals surface area contributed by atoms with E-state index in [0.717, 1.165) is 41.9 Å². The molecule has 4 heteroatoms. The second-order valence-electron chi connectivity index (χ2n) is 5.90. The molecule has 20 heavy (non-hydrogen) atoms. The minimum Gasteiger partial charge on any atom is -0.311 e. The molecule has 0 radical (unpaired) electrons. The zero-order valence-corrected chi connectivity index (χ0v) is 12.0. The van der Waals surface area contributed by atoms with Crippen molar-refractivity contribution < 1.29 is 0 Å². The van der Waals surface area contributed by atoms with Crippen LogP contribution in [0.1, 0.15) is 31.9 Å². The molecule has 1 aliphatic carbocycles. The van der Waals surface area contributed by atoms with Gasteiger partial charge in [0.15, 0.2) is 0 Å². The van der Waals surface area contributed by atoms with Crippen molar-refractivity contribution >= 4 is 0 Å². The van der Waals surface area contributed by atoms with Crippen LogP contribution in [0.5, 0.6) is 0 Å². The van der Waals surface area contributed by atoms with Crippen LogP contribution in [0.25, 0.3) is 11.3 Å². The van der Waals surface area contributed by atoms with Crippen LogP contribution in [0.15, 0.2) is 30.3 Å². The number of nitrogens with one attached hydrogen (secondary N) is 2. The summed E-state index contributed by atoms with van der Waals surface area (Å²) in [4.78, 5) is 0. The highest BCUT2D eigenvalue weighted by Crippen LogP contribution is 2.29. The lowest BCUT2D eigenvalue weighted by molar-refractivity contribution is 0.469. The monoisotopic (exact) mass is 270 g/mol. The van der Waals surface area contributed by atoms with Crippen LogP contribution in [0, 0.1) is 11.8 Å². The number of hydrogen-bond donors (Lipinski definition) is 2. The van der Waals surface area contributed by atoms with E-state index in [9.17, 15) is 0 Å². The van der Waals surface area contributed by atoms with Gasteiger partial charge in [0.2, 0.25) is 0 Å². The molecule has 4 nitrogen and oxygen atoms in total. The summed E-state index contributed by atoms with van der Waals surface area (Å²) in [5, 5.41) is 14.8. The van der Waals surface area contributed by atoms with Crippen LogP contribution in [0.4, 0.5) is 0 Å². The van der Waals surface area contributed by atoms with Crippen molar-refractivity contribution in [1.29, 1.82) is 0 Å². The second-order valence-corrected chi connectivity index (χ2v) is 5.90. The highest BCUT2D eigenvalue weighted by molar-refractivity contribution is 5.60. The molecule has 1 aromatic carbocycles. The highest BCUT2D eigenvalue weighted by atomic mass is 15.3. The van der Waals surface area contributed by atoms with Crippen molar-refractivity contribution in [2.45, 2.75) is 32.7 Å². The molecule has 106 valence electrons. The maximum Gasteiger partial charge on any atom is 0.117 e. The summed E-state index contributed by atoms with van der Waals surface area (Å²) in [6.07, 6.45) is 4.10. The molecule has 2 N–H and O–H groups in total. The first-order chi connectivity index (χ1) is 9.83. The molecule has 1 heterocycles. The van der Waals surface area contributed by atoms with Gasteiger partial charge in [-0.15, -0.1) is 0 Å². The Morgan fingerprint density at radius 3 is 2.80 bits per heavy atom. The standard InChI is InChI=1S/C16H22N4/c1-12-7-8-13(9-12)10-17-11-15-16(19-20-18-15)14-5-3-2-4-6-14/h2-6,12-13,17H,7-11H2,1H3,(H,18,19,20). The molecule has 3 rings (SSSR count). The maximum atomic E-state index is 4.27. The first-order valence-electron chi connectivity index (χ1n) is 7.48. The van der Waals surface area contributed by atoms with Gasteiger partial charge in [-0.25, -0.2) is 0 Å². The van der Waals surface area contributed by atoms with E-state index in [2.05, 4.69) is 39.8 Å². The van der Waals surface area contributed by atoms with E-state index in [1.807, 2.05) is 18.2 Å². The summed E-state index contributed by atoms with van der Waals surface area (Å²) < 4.78 is 0. The maximum absolute atomic E-state index is 4.27. The normalized spacial score (nSPS) is 22.2. The van der Waals surface area contributed by atoms with Gasteiger partial charge in [0.25, 0.3) is 0 Å². The van der Waals surface area contributed by atoms with Gasteiger partial charge in [-0.2, -0.15) is 15.4 Å². The molecular weight excluding hydrogens is 248 g/mol. The fourth-order valence-electron chi connectivity index (χ4n) is 3.11. The Morgan fingerprint density at radius 2 is 2.05 bits per heavy atom. The zero-order chi connectivity index (χ0) is 13.8. The first kappa shape index (κ1) is 13.3. The van der Waals surface area contributed by atoms with Gasteiger partial charge < -0.3 is 5.32 Å². The third kappa shape index (κ3) is 3.07. The number of benzene rings is 1. The molecule has 2 unspecified atom stereocenters. The number of aromatic amines is 1. The van der Waals surface area contributed by atoms with Crippen molar-refractivity contribution in [2.75, 3.05) is 6.54 Å². The van der Waals surface area contributed by atoms with Crippen LogP contribution in [0.3, 0.4) is 0 Å². The first-order valence-corrected chi connectivity index (χ1v) is 7.48. The highest BCUT2D eigenvalue weighted by Gasteiger charge is 2.20. The lowest BCUT2D eigenvalue weighted by Gasteiger charge is -2.10. The Hall–Kier alpha value is -1.68. The lowest BCUT2D eigenvalue weighted by Crippen LogP contribution is -2.21. The summed E-state index contributed by atoms with van der Waals surface area (Å²) in [5.74, 6) is 1.73. The summed E-state index contributed by atoms with van der Waals surface area (Å²) in [6, 6.07) is 10.2. The third-order valence-corrected chi connectivity index (χ3v) is 4.20. The summed E-state index contributed by atoms with van der Waals surface area (Å²) in [7, 11) is 0. The van der Waals surface area contributed by atoms with E-state index in [1.54, 1.807) is 0 Å². The predicted molar refractivity (Wildman–Crippen MR) is 80.0 cm³/mol. The van der Waals surface area contributed by atoms with Crippen molar-refractivity contribution in [1.82, 2.24) is 20.7 Å². The molecule has 0 bridgehead atoms. The van der Waals surface area contributed by atoms with Gasteiger partial charge in [-0.05, 0) is 31.2 Å². The average Bonchev–Trinajstić information content (AvgIpc) is 3.09. The SMILES string of the molecule is CC1CCC(CNCc2n[nH]nc2-c2ccccc2)C1. The molecule has 0 amide bonds. The fraction of sp³-hybridized carbons (Fsp3) is 0.500. The van der Waals surface area contributed by atoms with Crippen LogP contribution >= 0.6 is 0 Å². The largest absolute Gasteiger partial charge is 0.311 e. The molecule has 2 aromatic rings. The Labute approximate surface area is 120 Å². The number of aromatic nitrogens is 3. The Balaban J connectivity index is 1.57. The fourth-order valence-corrected chi connectivity index (χ4v) is 3.11. The molecule has 0 aliphatic heterocycles. The minimum atomic E-state index is 0.783. The van der Waals surface area contributed by atoms with Gasteiger partial charge in [-0.1, -0.05) is 43.7 Å². The summed E-state index contributed by atoms with van der Waals surface area (Å²) >= 11 is 0. The van der Waals surface area contributed by atoms with Gasteiger partial charge in [0.1, 0.15) is 11.4 Å². The topological polar surface area (TPSA) is 53.6 Å². The molecule has 0 spiro atoms. The molecule has 1 aromatic heterocycles. The number of hydrogen-bond acceptors (Lipinski definition) is 3. The van der Waals surface area contributed by atoms with Crippen LogP contribution in [-0.4, -0.2) is 22.0 Å². The molecule has 1 saturated carbocycles. The summed E-state index contributed by atoms with van der Waals surface area (Å²) in [6.45, 7) is 4.22. The van der Waals surface area contributed by atoms with Gasteiger partial charge in [0.05, 0.1) is 0 Å². The third-order valence-electron chi connectivity index (χ3n) is 4.20. The number of H-pyrrole nitrogens is 1. The van der Waals surface area contributed by atoms with E-state index < -0.39 is 0 Å². The van der Waals surface area contributed by atoms with Gasteiger partial charge in [0, 0.05) is 12.1 Å². The van der Waals surface area contributed by atoms with E-state index in [4.69, 9.17) is 0 Å². The van der Waals surface area contributed by atoms with Crippen molar-refractivity contribution in [2.24, 2.45) is 11.8 Å². The van der Waals surface area contributed by atoms with Crippen LogP contribution in [-0.2, 0) is 6.54 Å².